The smallest absolute Gasteiger partial charge is 0.417 e. The molecule has 23 heavy (non-hydrogen) atoms. The van der Waals surface area contributed by atoms with E-state index in [0.717, 1.165) is 5.56 Å². The highest BCUT2D eigenvalue weighted by Gasteiger charge is 2.54. The summed E-state index contributed by atoms with van der Waals surface area (Å²) in [5.41, 5.74) is -1.86. The number of aliphatic hydroxyl groups is 1. The van der Waals surface area contributed by atoms with Gasteiger partial charge in [-0.1, -0.05) is 12.1 Å². The van der Waals surface area contributed by atoms with Crippen molar-refractivity contribution in [3.05, 3.63) is 29.8 Å². The fraction of sp³-hybridized carbons (Fsp3) is 0.533. The standard InChI is InChI=1S/C15H19F3N2O3/c16-15(17,18)14(23)5-8-20(9-6-14)13(22)19-7-4-11-2-1-3-12(21)10-11/h1-3,10,21,23H,4-9H2,(H,19,22). The molecule has 128 valence electrons. The third-order valence-corrected chi connectivity index (χ3v) is 4.01. The van der Waals surface area contributed by atoms with Crippen molar-refractivity contribution in [2.75, 3.05) is 19.6 Å². The highest BCUT2D eigenvalue weighted by atomic mass is 19.4. The summed E-state index contributed by atoms with van der Waals surface area (Å²) in [5.74, 6) is 0.135. The van der Waals surface area contributed by atoms with Crippen molar-refractivity contribution < 1.29 is 28.2 Å². The van der Waals surface area contributed by atoms with Gasteiger partial charge in [0.25, 0.3) is 0 Å². The molecule has 3 N–H and O–H groups in total. The number of amides is 2. The van der Waals surface area contributed by atoms with Gasteiger partial charge in [-0.05, 0) is 24.1 Å². The third kappa shape index (κ3) is 4.28. The van der Waals surface area contributed by atoms with Gasteiger partial charge in [0.1, 0.15) is 5.75 Å². The first-order valence-corrected chi connectivity index (χ1v) is 7.31. The molecule has 0 atom stereocenters. The second kappa shape index (κ2) is 6.66. The van der Waals surface area contributed by atoms with Crippen molar-refractivity contribution in [1.29, 1.82) is 0 Å². The monoisotopic (exact) mass is 332 g/mol. The van der Waals surface area contributed by atoms with E-state index in [4.69, 9.17) is 0 Å². The Morgan fingerprint density at radius 3 is 2.52 bits per heavy atom. The lowest BCUT2D eigenvalue weighted by Gasteiger charge is -2.39. The summed E-state index contributed by atoms with van der Waals surface area (Å²) in [5, 5.41) is 21.5. The van der Waals surface area contributed by atoms with Crippen LogP contribution in [0.3, 0.4) is 0 Å². The number of urea groups is 1. The van der Waals surface area contributed by atoms with Gasteiger partial charge in [-0.3, -0.25) is 0 Å². The third-order valence-electron chi connectivity index (χ3n) is 4.01. The fourth-order valence-corrected chi connectivity index (χ4v) is 2.50. The first kappa shape index (κ1) is 17.4. The molecule has 0 spiro atoms. The van der Waals surface area contributed by atoms with Crippen LogP contribution in [0.1, 0.15) is 18.4 Å². The number of carbonyl (C=O) groups is 1. The molecule has 2 amide bonds. The highest BCUT2D eigenvalue weighted by Crippen LogP contribution is 2.38. The van der Waals surface area contributed by atoms with E-state index in [1.165, 1.54) is 11.0 Å². The Balaban J connectivity index is 1.77. The largest absolute Gasteiger partial charge is 0.508 e. The number of aromatic hydroxyl groups is 1. The van der Waals surface area contributed by atoms with Gasteiger partial charge >= 0.3 is 12.2 Å². The predicted molar refractivity (Wildman–Crippen MR) is 77.0 cm³/mol. The Morgan fingerprint density at radius 1 is 1.30 bits per heavy atom. The molecule has 1 aromatic rings. The highest BCUT2D eigenvalue weighted by molar-refractivity contribution is 5.74. The van der Waals surface area contributed by atoms with E-state index >= 15 is 0 Å². The maximum Gasteiger partial charge on any atom is 0.417 e. The molecule has 8 heteroatoms. The molecule has 0 saturated carbocycles. The number of nitrogens with one attached hydrogen (secondary N) is 1. The second-order valence-electron chi connectivity index (χ2n) is 5.67. The van der Waals surface area contributed by atoms with Crippen LogP contribution in [0, 0.1) is 0 Å². The minimum absolute atomic E-state index is 0.135. The van der Waals surface area contributed by atoms with Gasteiger partial charge in [0.05, 0.1) is 0 Å². The Morgan fingerprint density at radius 2 is 1.96 bits per heavy atom. The molecule has 0 aromatic heterocycles. The summed E-state index contributed by atoms with van der Waals surface area (Å²) in [6.07, 6.45) is -5.21. The molecule has 0 bridgehead atoms. The van der Waals surface area contributed by atoms with Crippen LogP contribution in [0.4, 0.5) is 18.0 Å². The normalized spacial score (nSPS) is 17.8. The molecular weight excluding hydrogens is 313 g/mol. The van der Waals surface area contributed by atoms with Crippen LogP contribution in [0.5, 0.6) is 5.75 Å². The number of halogens is 3. The van der Waals surface area contributed by atoms with Crippen LogP contribution in [-0.4, -0.2) is 52.6 Å². The van der Waals surface area contributed by atoms with Gasteiger partial charge < -0.3 is 20.4 Å². The summed E-state index contributed by atoms with van der Waals surface area (Å²) < 4.78 is 38.1. The molecular formula is C15H19F3N2O3. The average molecular weight is 332 g/mol. The number of carbonyl (C=O) groups excluding carboxylic acids is 1. The molecule has 1 aliphatic rings. The molecule has 0 aliphatic carbocycles. The predicted octanol–water partition coefficient (Wildman–Crippen LogP) is 2.03. The van der Waals surface area contributed by atoms with Crippen molar-refractivity contribution >= 4 is 6.03 Å². The lowest BCUT2D eigenvalue weighted by atomic mass is 9.91. The zero-order valence-corrected chi connectivity index (χ0v) is 12.4. The molecule has 2 rings (SSSR count). The Hall–Kier alpha value is -1.96. The number of hydrogen-bond acceptors (Lipinski definition) is 3. The zero-order valence-electron chi connectivity index (χ0n) is 12.4. The number of nitrogens with zero attached hydrogens (tertiary/aromatic N) is 1. The van der Waals surface area contributed by atoms with Gasteiger partial charge in [-0.15, -0.1) is 0 Å². The summed E-state index contributed by atoms with van der Waals surface area (Å²) in [7, 11) is 0. The van der Waals surface area contributed by atoms with E-state index in [1.54, 1.807) is 18.2 Å². The van der Waals surface area contributed by atoms with Crippen LogP contribution >= 0.6 is 0 Å². The first-order chi connectivity index (χ1) is 10.7. The van der Waals surface area contributed by atoms with E-state index in [-0.39, 0.29) is 18.8 Å². The van der Waals surface area contributed by atoms with Gasteiger partial charge in [0.2, 0.25) is 0 Å². The molecule has 1 aromatic carbocycles. The number of piperidine rings is 1. The number of phenolic OH excluding ortho intramolecular Hbond substituents is 1. The minimum atomic E-state index is -4.68. The zero-order chi connectivity index (χ0) is 17.1. The van der Waals surface area contributed by atoms with Gasteiger partial charge in [0.15, 0.2) is 5.60 Å². The van der Waals surface area contributed by atoms with Crippen molar-refractivity contribution in [3.8, 4) is 5.75 Å². The average Bonchev–Trinajstić information content (AvgIpc) is 2.47. The van der Waals surface area contributed by atoms with Crippen molar-refractivity contribution in [2.24, 2.45) is 0 Å². The van der Waals surface area contributed by atoms with Crippen LogP contribution in [0.25, 0.3) is 0 Å². The first-order valence-electron chi connectivity index (χ1n) is 7.31. The van der Waals surface area contributed by atoms with Gasteiger partial charge in [-0.25, -0.2) is 4.79 Å². The lowest BCUT2D eigenvalue weighted by molar-refractivity contribution is -0.271. The fourth-order valence-electron chi connectivity index (χ4n) is 2.50. The van der Waals surface area contributed by atoms with Crippen LogP contribution in [0.2, 0.25) is 0 Å². The van der Waals surface area contributed by atoms with E-state index in [1.807, 2.05) is 0 Å². The SMILES string of the molecule is O=C(NCCc1cccc(O)c1)N1CCC(O)(C(F)(F)F)CC1. The number of rotatable bonds is 3. The summed E-state index contributed by atoms with van der Waals surface area (Å²) >= 11 is 0. The topological polar surface area (TPSA) is 72.8 Å². The minimum Gasteiger partial charge on any atom is -0.508 e. The van der Waals surface area contributed by atoms with E-state index in [0.29, 0.717) is 13.0 Å². The number of benzene rings is 1. The van der Waals surface area contributed by atoms with Crippen molar-refractivity contribution in [1.82, 2.24) is 10.2 Å². The molecule has 0 radical (unpaired) electrons. The molecule has 1 fully saturated rings. The summed E-state index contributed by atoms with van der Waals surface area (Å²) in [6, 6.07) is 6.16. The second-order valence-corrected chi connectivity index (χ2v) is 5.67. The molecule has 1 saturated heterocycles. The summed E-state index contributed by atoms with van der Waals surface area (Å²) in [4.78, 5) is 13.2. The summed E-state index contributed by atoms with van der Waals surface area (Å²) in [6.45, 7) is 0.0181. The number of phenols is 1. The van der Waals surface area contributed by atoms with E-state index < -0.39 is 30.7 Å². The quantitative estimate of drug-likeness (QED) is 0.793. The van der Waals surface area contributed by atoms with E-state index in [9.17, 15) is 28.2 Å². The Bertz CT molecular complexity index is 555. The van der Waals surface area contributed by atoms with Crippen LogP contribution in [-0.2, 0) is 6.42 Å². The Kier molecular flexibility index (Phi) is 5.03. The van der Waals surface area contributed by atoms with Crippen molar-refractivity contribution in [3.63, 3.8) is 0 Å². The molecule has 1 heterocycles. The Labute approximate surface area is 131 Å². The number of likely N-dealkylation sites (tertiary alicyclic amines) is 1. The molecule has 5 nitrogen and oxygen atoms in total. The molecule has 0 unspecified atom stereocenters. The number of alkyl halides is 3. The lowest BCUT2D eigenvalue weighted by Crippen LogP contribution is -2.55. The van der Waals surface area contributed by atoms with E-state index in [2.05, 4.69) is 5.32 Å². The molecule has 1 aliphatic heterocycles. The number of hydrogen-bond donors (Lipinski definition) is 3. The van der Waals surface area contributed by atoms with Crippen LogP contribution in [0.15, 0.2) is 24.3 Å². The van der Waals surface area contributed by atoms with Gasteiger partial charge in [0, 0.05) is 32.5 Å². The van der Waals surface area contributed by atoms with Gasteiger partial charge in [-0.2, -0.15) is 13.2 Å². The van der Waals surface area contributed by atoms with Crippen LogP contribution < -0.4 is 5.32 Å². The maximum absolute atomic E-state index is 12.7. The maximum atomic E-state index is 12.7. The van der Waals surface area contributed by atoms with Crippen molar-refractivity contribution in [2.45, 2.75) is 31.0 Å².